The second-order valence-electron chi connectivity index (χ2n) is 5.84. The van der Waals surface area contributed by atoms with Gasteiger partial charge in [-0.3, -0.25) is 4.79 Å². The maximum absolute atomic E-state index is 11.9. The number of hydrogen-bond acceptors (Lipinski definition) is 2. The Morgan fingerprint density at radius 3 is 2.50 bits per heavy atom. The SMILES string of the molecule is CC1(C)CC[C@@H](O)[C@]2(C)C(=O)CC[C@@H]12. The molecule has 0 aliphatic heterocycles. The number of ketones is 1. The van der Waals surface area contributed by atoms with Crippen LogP contribution in [0.3, 0.4) is 0 Å². The van der Waals surface area contributed by atoms with Crippen LogP contribution in [0, 0.1) is 16.7 Å². The van der Waals surface area contributed by atoms with Crippen molar-refractivity contribution in [1.82, 2.24) is 0 Å². The van der Waals surface area contributed by atoms with Crippen LogP contribution in [0.5, 0.6) is 0 Å². The highest BCUT2D eigenvalue weighted by molar-refractivity contribution is 5.87. The molecule has 0 aromatic rings. The molecular weight excluding hydrogens is 176 g/mol. The second kappa shape index (κ2) is 2.82. The summed E-state index contributed by atoms with van der Waals surface area (Å²) in [6.45, 7) is 6.44. The largest absolute Gasteiger partial charge is 0.392 e. The molecule has 2 aliphatic rings. The molecule has 0 aromatic heterocycles. The van der Waals surface area contributed by atoms with E-state index in [0.717, 1.165) is 19.3 Å². The smallest absolute Gasteiger partial charge is 0.141 e. The first-order chi connectivity index (χ1) is 6.39. The summed E-state index contributed by atoms with van der Waals surface area (Å²) in [7, 11) is 0. The summed E-state index contributed by atoms with van der Waals surface area (Å²) in [5.74, 6) is 0.661. The van der Waals surface area contributed by atoms with Crippen LogP contribution in [0.15, 0.2) is 0 Å². The molecule has 0 heterocycles. The Hall–Kier alpha value is -0.370. The average Bonchev–Trinajstić information content (AvgIpc) is 2.40. The molecular formula is C12H20O2. The summed E-state index contributed by atoms with van der Waals surface area (Å²) in [5, 5.41) is 10.0. The van der Waals surface area contributed by atoms with Gasteiger partial charge in [-0.1, -0.05) is 13.8 Å². The van der Waals surface area contributed by atoms with Crippen molar-refractivity contribution in [3.63, 3.8) is 0 Å². The molecule has 2 rings (SSSR count). The van der Waals surface area contributed by atoms with E-state index in [1.54, 1.807) is 0 Å². The zero-order chi connectivity index (χ0) is 10.6. The van der Waals surface area contributed by atoms with Crippen LogP contribution in [-0.2, 0) is 4.79 Å². The standard InChI is InChI=1S/C12H20O2/c1-11(2)7-6-10(14)12(3)8(11)4-5-9(12)13/h8,10,14H,4-7H2,1-3H3/t8-,10+,12-/m0/s1. The van der Waals surface area contributed by atoms with Gasteiger partial charge in [-0.15, -0.1) is 0 Å². The van der Waals surface area contributed by atoms with Crippen LogP contribution in [0.25, 0.3) is 0 Å². The van der Waals surface area contributed by atoms with Gasteiger partial charge in [-0.05, 0) is 37.5 Å². The van der Waals surface area contributed by atoms with Crippen molar-refractivity contribution >= 4 is 5.78 Å². The predicted molar refractivity (Wildman–Crippen MR) is 54.9 cm³/mol. The number of rotatable bonds is 0. The number of aliphatic hydroxyl groups is 1. The van der Waals surface area contributed by atoms with Crippen LogP contribution in [0.1, 0.15) is 46.5 Å². The average molecular weight is 196 g/mol. The predicted octanol–water partition coefficient (Wildman–Crippen LogP) is 2.15. The van der Waals surface area contributed by atoms with Crippen LogP contribution < -0.4 is 0 Å². The molecule has 2 fully saturated rings. The van der Waals surface area contributed by atoms with E-state index in [1.165, 1.54) is 0 Å². The zero-order valence-corrected chi connectivity index (χ0v) is 9.34. The van der Waals surface area contributed by atoms with E-state index in [2.05, 4.69) is 13.8 Å². The van der Waals surface area contributed by atoms with Crippen LogP contribution in [0.4, 0.5) is 0 Å². The lowest BCUT2D eigenvalue weighted by Crippen LogP contribution is -2.50. The molecule has 2 heteroatoms. The van der Waals surface area contributed by atoms with Gasteiger partial charge in [-0.25, -0.2) is 0 Å². The molecule has 0 saturated heterocycles. The van der Waals surface area contributed by atoms with E-state index < -0.39 is 11.5 Å². The number of fused-ring (bicyclic) bond motifs is 1. The third kappa shape index (κ3) is 1.10. The number of Topliss-reactive ketones (excluding diaryl/α,β-unsaturated/α-hetero) is 1. The fourth-order valence-corrected chi connectivity index (χ4v) is 3.64. The fraction of sp³-hybridized carbons (Fsp3) is 0.917. The molecule has 80 valence electrons. The monoisotopic (exact) mass is 196 g/mol. The molecule has 2 nitrogen and oxygen atoms in total. The lowest BCUT2D eigenvalue weighted by atomic mass is 9.56. The summed E-state index contributed by atoms with van der Waals surface area (Å²) in [6, 6.07) is 0. The maximum Gasteiger partial charge on any atom is 0.141 e. The second-order valence-corrected chi connectivity index (χ2v) is 5.84. The normalized spacial score (nSPS) is 46.4. The molecule has 0 bridgehead atoms. The van der Waals surface area contributed by atoms with Crippen molar-refractivity contribution in [2.45, 2.75) is 52.6 Å². The van der Waals surface area contributed by atoms with E-state index in [9.17, 15) is 9.90 Å². The van der Waals surface area contributed by atoms with Gasteiger partial charge >= 0.3 is 0 Å². The molecule has 0 amide bonds. The zero-order valence-electron chi connectivity index (χ0n) is 9.34. The molecule has 0 spiro atoms. The first-order valence-electron chi connectivity index (χ1n) is 5.60. The molecule has 3 atom stereocenters. The van der Waals surface area contributed by atoms with Crippen LogP contribution in [-0.4, -0.2) is 17.0 Å². The third-order valence-corrected chi connectivity index (χ3v) is 4.68. The van der Waals surface area contributed by atoms with Crippen LogP contribution in [0.2, 0.25) is 0 Å². The summed E-state index contributed by atoms with van der Waals surface area (Å²) in [5.41, 5.74) is -0.220. The van der Waals surface area contributed by atoms with Gasteiger partial charge in [0.1, 0.15) is 5.78 Å². The minimum absolute atomic E-state index is 0.222. The minimum Gasteiger partial charge on any atom is -0.392 e. The van der Waals surface area contributed by atoms with E-state index >= 15 is 0 Å². The van der Waals surface area contributed by atoms with Crippen molar-refractivity contribution in [2.24, 2.45) is 16.7 Å². The number of hydrogen-bond donors (Lipinski definition) is 1. The number of carbonyl (C=O) groups excluding carboxylic acids is 1. The van der Waals surface area contributed by atoms with E-state index in [0.29, 0.717) is 12.3 Å². The van der Waals surface area contributed by atoms with Crippen molar-refractivity contribution in [1.29, 1.82) is 0 Å². The topological polar surface area (TPSA) is 37.3 Å². The quantitative estimate of drug-likeness (QED) is 0.644. The highest BCUT2D eigenvalue weighted by atomic mass is 16.3. The number of carbonyl (C=O) groups is 1. The Labute approximate surface area is 85.7 Å². The summed E-state index contributed by atoms with van der Waals surface area (Å²) >= 11 is 0. The molecule has 2 aliphatic carbocycles. The van der Waals surface area contributed by atoms with Gasteiger partial charge in [0.25, 0.3) is 0 Å². The Morgan fingerprint density at radius 2 is 1.93 bits per heavy atom. The van der Waals surface area contributed by atoms with Crippen molar-refractivity contribution in [3.8, 4) is 0 Å². The van der Waals surface area contributed by atoms with Gasteiger partial charge in [0.05, 0.1) is 11.5 Å². The first kappa shape index (κ1) is 10.2. The molecule has 0 aromatic carbocycles. The van der Waals surface area contributed by atoms with Gasteiger partial charge in [0.15, 0.2) is 0 Å². The molecule has 0 radical (unpaired) electrons. The molecule has 0 unspecified atom stereocenters. The van der Waals surface area contributed by atoms with Crippen molar-refractivity contribution < 1.29 is 9.90 Å². The maximum atomic E-state index is 11.9. The van der Waals surface area contributed by atoms with Gasteiger partial charge in [-0.2, -0.15) is 0 Å². The lowest BCUT2D eigenvalue weighted by molar-refractivity contribution is -0.143. The van der Waals surface area contributed by atoms with Gasteiger partial charge in [0.2, 0.25) is 0 Å². The van der Waals surface area contributed by atoms with Crippen molar-refractivity contribution in [3.05, 3.63) is 0 Å². The Balaban J connectivity index is 2.40. The summed E-state index contributed by atoms with van der Waals surface area (Å²) < 4.78 is 0. The number of aliphatic hydroxyl groups excluding tert-OH is 1. The highest BCUT2D eigenvalue weighted by Crippen LogP contribution is 2.57. The summed E-state index contributed by atoms with van der Waals surface area (Å²) in [4.78, 5) is 11.9. The third-order valence-electron chi connectivity index (χ3n) is 4.68. The Morgan fingerprint density at radius 1 is 1.29 bits per heavy atom. The minimum atomic E-state index is -0.443. The molecule has 14 heavy (non-hydrogen) atoms. The summed E-state index contributed by atoms with van der Waals surface area (Å²) in [6.07, 6.45) is 3.06. The van der Waals surface area contributed by atoms with Crippen LogP contribution >= 0.6 is 0 Å². The lowest BCUT2D eigenvalue weighted by Gasteiger charge is -2.48. The van der Waals surface area contributed by atoms with E-state index in [-0.39, 0.29) is 11.2 Å². The van der Waals surface area contributed by atoms with Crippen molar-refractivity contribution in [2.75, 3.05) is 0 Å². The van der Waals surface area contributed by atoms with Gasteiger partial charge in [0, 0.05) is 6.42 Å². The van der Waals surface area contributed by atoms with E-state index in [4.69, 9.17) is 0 Å². The fourth-order valence-electron chi connectivity index (χ4n) is 3.64. The van der Waals surface area contributed by atoms with Gasteiger partial charge < -0.3 is 5.11 Å². The Kier molecular flexibility index (Phi) is 2.04. The first-order valence-corrected chi connectivity index (χ1v) is 5.60. The molecule has 2 saturated carbocycles. The highest BCUT2D eigenvalue weighted by Gasteiger charge is 2.58. The molecule has 1 N–H and O–H groups in total. The van der Waals surface area contributed by atoms with E-state index in [1.807, 2.05) is 6.92 Å². The Bertz CT molecular complexity index is 269.